The molecule has 0 unspecified atom stereocenters. The summed E-state index contributed by atoms with van der Waals surface area (Å²) in [5, 5.41) is 15.0. The van der Waals surface area contributed by atoms with E-state index in [1.54, 1.807) is 12.1 Å². The van der Waals surface area contributed by atoms with Crippen molar-refractivity contribution in [2.75, 3.05) is 7.11 Å². The highest BCUT2D eigenvalue weighted by atomic mass is 79.9. The van der Waals surface area contributed by atoms with Crippen LogP contribution in [0.25, 0.3) is 10.9 Å². The fraction of sp³-hybridized carbons (Fsp3) is 0.250. The van der Waals surface area contributed by atoms with Crippen LogP contribution in [0.4, 0.5) is 0 Å². The van der Waals surface area contributed by atoms with E-state index in [2.05, 4.69) is 41.9 Å². The molecule has 152 valence electrons. The summed E-state index contributed by atoms with van der Waals surface area (Å²) >= 11 is 12.9. The molecule has 1 aromatic heterocycles. The van der Waals surface area contributed by atoms with Gasteiger partial charge in [-0.05, 0) is 46.6 Å². The second-order valence-electron chi connectivity index (χ2n) is 6.45. The third-order valence-corrected chi connectivity index (χ3v) is 6.54. The van der Waals surface area contributed by atoms with Gasteiger partial charge in [-0.1, -0.05) is 41.4 Å². The molecular formula is C20H18Br2ClN3O3. The molecule has 9 heteroatoms. The molecular weight excluding hydrogens is 525 g/mol. The van der Waals surface area contributed by atoms with Gasteiger partial charge in [-0.25, -0.2) is 4.98 Å². The zero-order valence-corrected chi connectivity index (χ0v) is 19.8. The van der Waals surface area contributed by atoms with E-state index in [4.69, 9.17) is 16.3 Å². The highest BCUT2D eigenvalue weighted by Gasteiger charge is 2.17. The number of halogens is 3. The van der Waals surface area contributed by atoms with Gasteiger partial charge in [-0.3, -0.25) is 4.79 Å². The Morgan fingerprint density at radius 3 is 2.76 bits per heavy atom. The Morgan fingerprint density at radius 1 is 1.38 bits per heavy atom. The van der Waals surface area contributed by atoms with Crippen molar-refractivity contribution in [3.63, 3.8) is 0 Å². The van der Waals surface area contributed by atoms with Gasteiger partial charge in [0.25, 0.3) is 5.56 Å². The summed E-state index contributed by atoms with van der Waals surface area (Å²) in [4.78, 5) is 17.8. The minimum Gasteiger partial charge on any atom is -0.503 e. The summed E-state index contributed by atoms with van der Waals surface area (Å²) in [7, 11) is 1.43. The zero-order valence-electron chi connectivity index (χ0n) is 15.9. The Kier molecular flexibility index (Phi) is 6.65. The van der Waals surface area contributed by atoms with Gasteiger partial charge in [-0.15, -0.1) is 0 Å². The van der Waals surface area contributed by atoms with E-state index in [9.17, 15) is 9.90 Å². The third-order valence-electron chi connectivity index (χ3n) is 4.59. The summed E-state index contributed by atoms with van der Waals surface area (Å²) in [5.74, 6) is 0.619. The average molecular weight is 544 g/mol. The van der Waals surface area contributed by atoms with Crippen molar-refractivity contribution in [3.8, 4) is 11.5 Å². The molecule has 0 saturated carbocycles. The Bertz CT molecular complexity index is 1180. The summed E-state index contributed by atoms with van der Waals surface area (Å²) in [6.07, 6.45) is 2.28. The average Bonchev–Trinajstić information content (AvgIpc) is 2.72. The van der Waals surface area contributed by atoms with Gasteiger partial charge in [0.15, 0.2) is 11.5 Å². The molecule has 6 nitrogen and oxygen atoms in total. The van der Waals surface area contributed by atoms with E-state index in [-0.39, 0.29) is 28.0 Å². The standard InChI is InChI=1S/C20H18Br2ClN3O3/c1-4-10(2)19-25-14-6-5-12(21)8-13(14)20(28)26(19)24-9-11-7-15(29-3)18(27)17(23)16(11)22/h5-10,27H,4H2,1-3H3/t10-/m0/s1. The maximum atomic E-state index is 13.2. The van der Waals surface area contributed by atoms with Crippen LogP contribution < -0.4 is 10.3 Å². The molecule has 0 aliphatic rings. The van der Waals surface area contributed by atoms with Crippen LogP contribution in [-0.2, 0) is 0 Å². The maximum absolute atomic E-state index is 13.2. The first-order valence-electron chi connectivity index (χ1n) is 8.80. The molecule has 29 heavy (non-hydrogen) atoms. The molecule has 0 saturated heterocycles. The molecule has 3 aromatic rings. The molecule has 0 fully saturated rings. The van der Waals surface area contributed by atoms with Gasteiger partial charge in [0, 0.05) is 20.4 Å². The Labute approximate surface area is 189 Å². The van der Waals surface area contributed by atoms with Crippen LogP contribution in [0.1, 0.15) is 37.6 Å². The predicted octanol–water partition coefficient (Wildman–Crippen LogP) is 5.68. The van der Waals surface area contributed by atoms with Gasteiger partial charge < -0.3 is 9.84 Å². The number of hydrogen-bond donors (Lipinski definition) is 1. The first-order valence-corrected chi connectivity index (χ1v) is 10.8. The van der Waals surface area contributed by atoms with Crippen molar-refractivity contribution in [3.05, 3.63) is 60.0 Å². The zero-order chi connectivity index (χ0) is 21.3. The number of aromatic nitrogens is 2. The summed E-state index contributed by atoms with van der Waals surface area (Å²) in [5.41, 5.74) is 0.896. The second kappa shape index (κ2) is 8.85. The van der Waals surface area contributed by atoms with Gasteiger partial charge in [0.05, 0.1) is 24.2 Å². The molecule has 3 rings (SSSR count). The van der Waals surface area contributed by atoms with Crippen LogP contribution >= 0.6 is 43.5 Å². The molecule has 0 aliphatic carbocycles. The number of rotatable bonds is 5. The van der Waals surface area contributed by atoms with E-state index < -0.39 is 0 Å². The third kappa shape index (κ3) is 4.20. The minimum atomic E-state index is -0.268. The number of aromatic hydroxyl groups is 1. The van der Waals surface area contributed by atoms with Crippen LogP contribution in [0.2, 0.25) is 5.02 Å². The number of nitrogens with zero attached hydrogens (tertiary/aromatic N) is 3. The Hall–Kier alpha value is -1.90. The fourth-order valence-corrected chi connectivity index (χ4v) is 3.73. The molecule has 0 bridgehead atoms. The lowest BCUT2D eigenvalue weighted by molar-refractivity contribution is 0.373. The quantitative estimate of drug-likeness (QED) is 0.420. The second-order valence-corrected chi connectivity index (χ2v) is 8.53. The summed E-state index contributed by atoms with van der Waals surface area (Å²) < 4.78 is 7.68. The number of benzene rings is 2. The van der Waals surface area contributed by atoms with Crippen molar-refractivity contribution in [2.24, 2.45) is 5.10 Å². The lowest BCUT2D eigenvalue weighted by Gasteiger charge is -2.14. The number of hydrogen-bond acceptors (Lipinski definition) is 5. The highest BCUT2D eigenvalue weighted by Crippen LogP contribution is 2.40. The van der Waals surface area contributed by atoms with Crippen molar-refractivity contribution in [1.29, 1.82) is 0 Å². The van der Waals surface area contributed by atoms with Crippen molar-refractivity contribution in [1.82, 2.24) is 9.66 Å². The predicted molar refractivity (Wildman–Crippen MR) is 123 cm³/mol. The SMILES string of the molecule is CC[C@H](C)c1nc2ccc(Br)cc2c(=O)n1N=Cc1cc(OC)c(O)c(Cl)c1Br. The minimum absolute atomic E-state index is 0.0225. The molecule has 0 aliphatic heterocycles. The molecule has 0 amide bonds. The lowest BCUT2D eigenvalue weighted by Crippen LogP contribution is -2.23. The highest BCUT2D eigenvalue weighted by molar-refractivity contribution is 9.10. The van der Waals surface area contributed by atoms with Crippen LogP contribution in [0, 0.1) is 0 Å². The van der Waals surface area contributed by atoms with Crippen LogP contribution in [0.5, 0.6) is 11.5 Å². The number of fused-ring (bicyclic) bond motifs is 1. The van der Waals surface area contributed by atoms with Crippen molar-refractivity contribution in [2.45, 2.75) is 26.2 Å². The Morgan fingerprint density at radius 2 is 2.10 bits per heavy atom. The van der Waals surface area contributed by atoms with E-state index in [0.717, 1.165) is 10.9 Å². The summed E-state index contributed by atoms with van der Waals surface area (Å²) in [6, 6.07) is 6.97. The fourth-order valence-electron chi connectivity index (χ4n) is 2.76. The molecule has 1 heterocycles. The van der Waals surface area contributed by atoms with Gasteiger partial charge in [0.1, 0.15) is 10.8 Å². The first kappa shape index (κ1) is 21.8. The number of methoxy groups -OCH3 is 1. The number of phenolic OH excluding ortho intramolecular Hbond substituents is 1. The van der Waals surface area contributed by atoms with E-state index in [1.165, 1.54) is 18.0 Å². The van der Waals surface area contributed by atoms with Gasteiger partial charge >= 0.3 is 0 Å². The molecule has 0 spiro atoms. The number of phenols is 1. The van der Waals surface area contributed by atoms with E-state index in [1.807, 2.05) is 26.0 Å². The monoisotopic (exact) mass is 541 g/mol. The van der Waals surface area contributed by atoms with E-state index >= 15 is 0 Å². The normalized spacial score (nSPS) is 12.6. The molecule has 1 atom stereocenters. The Balaban J connectivity index is 2.23. The maximum Gasteiger partial charge on any atom is 0.282 e. The van der Waals surface area contributed by atoms with Crippen LogP contribution in [0.3, 0.4) is 0 Å². The first-order chi connectivity index (χ1) is 13.8. The molecule has 0 radical (unpaired) electrons. The van der Waals surface area contributed by atoms with Crippen LogP contribution in [-0.4, -0.2) is 28.1 Å². The topological polar surface area (TPSA) is 76.7 Å². The van der Waals surface area contributed by atoms with Crippen molar-refractivity contribution < 1.29 is 9.84 Å². The number of ether oxygens (including phenoxy) is 1. The molecule has 2 aromatic carbocycles. The molecule has 1 N–H and O–H groups in total. The smallest absolute Gasteiger partial charge is 0.282 e. The summed E-state index contributed by atoms with van der Waals surface area (Å²) in [6.45, 7) is 4.02. The van der Waals surface area contributed by atoms with Gasteiger partial charge in [0.2, 0.25) is 0 Å². The van der Waals surface area contributed by atoms with Crippen molar-refractivity contribution >= 4 is 60.6 Å². The largest absolute Gasteiger partial charge is 0.503 e. The van der Waals surface area contributed by atoms with Crippen LogP contribution in [0.15, 0.2) is 43.1 Å². The van der Waals surface area contributed by atoms with Gasteiger partial charge in [-0.2, -0.15) is 9.78 Å². The lowest BCUT2D eigenvalue weighted by atomic mass is 10.1. The van der Waals surface area contributed by atoms with E-state index in [0.29, 0.717) is 26.8 Å².